The molecule has 2 atom stereocenters. The Hall–Kier alpha value is -2.42. The summed E-state index contributed by atoms with van der Waals surface area (Å²) in [6, 6.07) is 3.33. The van der Waals surface area contributed by atoms with Gasteiger partial charge in [0.25, 0.3) is 0 Å². The van der Waals surface area contributed by atoms with Crippen LogP contribution < -0.4 is 10.6 Å². The molecule has 0 spiro atoms. The van der Waals surface area contributed by atoms with Crippen LogP contribution in [0, 0.1) is 6.92 Å². The number of alkyl carbamates (subject to hydrolysis) is 1. The van der Waals surface area contributed by atoms with Gasteiger partial charge < -0.3 is 25.4 Å². The second kappa shape index (κ2) is 17.2. The molecule has 0 heterocycles. The predicted octanol–water partition coefficient (Wildman–Crippen LogP) is 5.71. The number of aromatic hydroxyl groups is 1. The number of thioether (sulfide) groups is 1. The molecule has 1 rings (SSSR count). The highest BCUT2D eigenvalue weighted by molar-refractivity contribution is 7.98. The van der Waals surface area contributed by atoms with Crippen molar-refractivity contribution in [2.45, 2.75) is 104 Å². The van der Waals surface area contributed by atoms with E-state index in [1.54, 1.807) is 57.7 Å². The molecule has 1 aromatic rings. The van der Waals surface area contributed by atoms with E-state index in [0.717, 1.165) is 32.1 Å². The topological polar surface area (TPSA) is 108 Å². The summed E-state index contributed by atoms with van der Waals surface area (Å²) < 4.78 is 5.44. The SMILES string of the molecule is CCCCCCN(C(=O)C(CCSC)NC(=O)OC(C)(C)C)C(C(=O)NCCCC)c1cccc(C)c1O. The van der Waals surface area contributed by atoms with Gasteiger partial charge in [0.2, 0.25) is 11.8 Å². The van der Waals surface area contributed by atoms with Crippen LogP contribution in [0.2, 0.25) is 0 Å². The monoisotopic (exact) mass is 551 g/mol. The van der Waals surface area contributed by atoms with E-state index in [1.165, 1.54) is 4.90 Å². The molecule has 1 aromatic carbocycles. The van der Waals surface area contributed by atoms with Crippen molar-refractivity contribution in [2.75, 3.05) is 25.1 Å². The van der Waals surface area contributed by atoms with Crippen molar-refractivity contribution < 1.29 is 24.2 Å². The molecule has 0 radical (unpaired) electrons. The largest absolute Gasteiger partial charge is 0.507 e. The molecule has 9 heteroatoms. The second-order valence-electron chi connectivity index (χ2n) is 10.6. The average molecular weight is 552 g/mol. The highest BCUT2D eigenvalue weighted by Gasteiger charge is 2.37. The molecule has 0 aliphatic carbocycles. The van der Waals surface area contributed by atoms with E-state index in [2.05, 4.69) is 17.6 Å². The Morgan fingerprint density at radius 2 is 1.76 bits per heavy atom. The molecular weight excluding hydrogens is 502 g/mol. The molecule has 216 valence electrons. The van der Waals surface area contributed by atoms with E-state index >= 15 is 0 Å². The lowest BCUT2D eigenvalue weighted by atomic mass is 9.98. The normalized spacial score (nSPS) is 12.9. The minimum absolute atomic E-state index is 0.00438. The quantitative estimate of drug-likeness (QED) is 0.227. The molecule has 3 N–H and O–H groups in total. The van der Waals surface area contributed by atoms with Gasteiger partial charge in [0.1, 0.15) is 23.4 Å². The van der Waals surface area contributed by atoms with Crippen molar-refractivity contribution in [3.05, 3.63) is 29.3 Å². The standard InChI is InChI=1S/C29H49N3O5S/c1-8-10-12-13-19-32(27(35)23(17-20-38-7)31-28(36)37-29(4,5)6)24(26(34)30-18-11-9-2)22-16-14-15-21(3)25(22)33/h14-16,23-24,33H,8-13,17-20H2,1-7H3,(H,30,34)(H,31,36). The average Bonchev–Trinajstić information content (AvgIpc) is 2.84. The first-order chi connectivity index (χ1) is 18.0. The van der Waals surface area contributed by atoms with E-state index in [0.29, 0.717) is 42.8 Å². The maximum atomic E-state index is 14.1. The summed E-state index contributed by atoms with van der Waals surface area (Å²) in [5.41, 5.74) is 0.285. The minimum atomic E-state index is -1.03. The number of nitrogens with zero attached hydrogens (tertiary/aromatic N) is 1. The lowest BCUT2D eigenvalue weighted by molar-refractivity contribution is -0.142. The zero-order valence-corrected chi connectivity index (χ0v) is 25.2. The summed E-state index contributed by atoms with van der Waals surface area (Å²) in [4.78, 5) is 42.0. The molecule has 38 heavy (non-hydrogen) atoms. The molecule has 0 aliphatic heterocycles. The highest BCUT2D eigenvalue weighted by Crippen LogP contribution is 2.33. The number of rotatable bonds is 16. The Labute approximate surface area is 233 Å². The lowest BCUT2D eigenvalue weighted by Crippen LogP contribution is -2.53. The maximum Gasteiger partial charge on any atom is 0.408 e. The number of phenolic OH excluding ortho intramolecular Hbond substituents is 1. The predicted molar refractivity (Wildman–Crippen MR) is 156 cm³/mol. The zero-order valence-electron chi connectivity index (χ0n) is 24.4. The van der Waals surface area contributed by atoms with Gasteiger partial charge in [0.15, 0.2) is 0 Å². The molecule has 0 bridgehead atoms. The number of aryl methyl sites for hydroxylation is 1. The summed E-state index contributed by atoms with van der Waals surface area (Å²) in [7, 11) is 0. The molecule has 8 nitrogen and oxygen atoms in total. The van der Waals surface area contributed by atoms with Crippen molar-refractivity contribution in [1.82, 2.24) is 15.5 Å². The van der Waals surface area contributed by atoms with Crippen LogP contribution in [0.4, 0.5) is 4.79 Å². The van der Waals surface area contributed by atoms with Gasteiger partial charge in [-0.05, 0) is 64.5 Å². The van der Waals surface area contributed by atoms with Crippen LogP contribution in [-0.2, 0) is 14.3 Å². The lowest BCUT2D eigenvalue weighted by Gasteiger charge is -2.35. The van der Waals surface area contributed by atoms with Crippen LogP contribution in [0.5, 0.6) is 5.75 Å². The first kappa shape index (κ1) is 33.6. The first-order valence-corrected chi connectivity index (χ1v) is 15.2. The number of nitrogens with one attached hydrogen (secondary N) is 2. The van der Waals surface area contributed by atoms with Crippen LogP contribution in [0.1, 0.15) is 96.7 Å². The summed E-state index contributed by atoms with van der Waals surface area (Å²) in [5, 5.41) is 16.7. The van der Waals surface area contributed by atoms with Crippen LogP contribution >= 0.6 is 11.8 Å². The van der Waals surface area contributed by atoms with E-state index in [1.807, 2.05) is 13.2 Å². The summed E-state index contributed by atoms with van der Waals surface area (Å²) in [6.07, 6.45) is 7.01. The number of ether oxygens (including phenoxy) is 1. The summed E-state index contributed by atoms with van der Waals surface area (Å²) in [5.74, 6) is -0.0730. The fourth-order valence-electron chi connectivity index (χ4n) is 4.06. The molecule has 0 aliphatic rings. The number of para-hydroxylation sites is 1. The number of carbonyl (C=O) groups excluding carboxylic acids is 3. The van der Waals surface area contributed by atoms with Crippen LogP contribution in [0.15, 0.2) is 18.2 Å². The van der Waals surface area contributed by atoms with E-state index in [-0.39, 0.29) is 17.6 Å². The number of hydrogen-bond acceptors (Lipinski definition) is 6. The number of hydrogen-bond donors (Lipinski definition) is 3. The summed E-state index contributed by atoms with van der Waals surface area (Å²) in [6.45, 7) is 12.0. The number of amides is 3. The number of benzene rings is 1. The number of phenols is 1. The van der Waals surface area contributed by atoms with Crippen molar-refractivity contribution in [1.29, 1.82) is 0 Å². The third kappa shape index (κ3) is 11.5. The number of unbranched alkanes of at least 4 members (excludes halogenated alkanes) is 4. The smallest absolute Gasteiger partial charge is 0.408 e. The fraction of sp³-hybridized carbons (Fsp3) is 0.690. The molecule has 0 saturated carbocycles. The van der Waals surface area contributed by atoms with Crippen molar-refractivity contribution in [2.24, 2.45) is 0 Å². The van der Waals surface area contributed by atoms with Gasteiger partial charge in [-0.15, -0.1) is 0 Å². The molecular formula is C29H49N3O5S. The molecule has 0 fully saturated rings. The third-order valence-corrected chi connectivity index (χ3v) is 6.73. The Bertz CT molecular complexity index is 887. The van der Waals surface area contributed by atoms with Gasteiger partial charge in [0.05, 0.1) is 0 Å². The van der Waals surface area contributed by atoms with Gasteiger partial charge in [-0.1, -0.05) is 57.7 Å². The minimum Gasteiger partial charge on any atom is -0.507 e. The van der Waals surface area contributed by atoms with Crippen LogP contribution in [0.25, 0.3) is 0 Å². The molecule has 0 aromatic heterocycles. The van der Waals surface area contributed by atoms with Gasteiger partial charge in [-0.2, -0.15) is 11.8 Å². The van der Waals surface area contributed by atoms with E-state index < -0.39 is 23.8 Å². The first-order valence-electron chi connectivity index (χ1n) is 13.8. The molecule has 0 saturated heterocycles. The maximum absolute atomic E-state index is 14.1. The number of carbonyl (C=O) groups is 3. The third-order valence-electron chi connectivity index (χ3n) is 6.09. The molecule has 2 unspecified atom stereocenters. The molecule has 3 amide bonds. The van der Waals surface area contributed by atoms with Gasteiger partial charge in [-0.25, -0.2) is 4.79 Å². The Balaban J connectivity index is 3.50. The van der Waals surface area contributed by atoms with Crippen molar-refractivity contribution >= 4 is 29.7 Å². The van der Waals surface area contributed by atoms with Gasteiger partial charge >= 0.3 is 6.09 Å². The van der Waals surface area contributed by atoms with Crippen LogP contribution in [-0.4, -0.2) is 64.7 Å². The van der Waals surface area contributed by atoms with Crippen LogP contribution in [0.3, 0.4) is 0 Å². The van der Waals surface area contributed by atoms with Crippen molar-refractivity contribution in [3.8, 4) is 5.75 Å². The van der Waals surface area contributed by atoms with E-state index in [4.69, 9.17) is 4.74 Å². The Morgan fingerprint density at radius 3 is 2.37 bits per heavy atom. The summed E-state index contributed by atoms with van der Waals surface area (Å²) >= 11 is 1.57. The van der Waals surface area contributed by atoms with E-state index in [9.17, 15) is 19.5 Å². The van der Waals surface area contributed by atoms with Gasteiger partial charge in [-0.3, -0.25) is 9.59 Å². The van der Waals surface area contributed by atoms with Crippen molar-refractivity contribution in [3.63, 3.8) is 0 Å². The van der Waals surface area contributed by atoms with Gasteiger partial charge in [0, 0.05) is 18.7 Å². The second-order valence-corrected chi connectivity index (χ2v) is 11.6. The zero-order chi connectivity index (χ0) is 28.7. The fourth-order valence-corrected chi connectivity index (χ4v) is 4.53. The highest BCUT2D eigenvalue weighted by atomic mass is 32.2. The Morgan fingerprint density at radius 1 is 1.08 bits per heavy atom. The Kier molecular flexibility index (Phi) is 15.2.